The molecule has 0 spiro atoms. The van der Waals surface area contributed by atoms with Gasteiger partial charge in [0.15, 0.2) is 0 Å². The van der Waals surface area contributed by atoms with Gasteiger partial charge in [0, 0.05) is 11.3 Å². The van der Waals surface area contributed by atoms with Crippen molar-refractivity contribution in [2.75, 3.05) is 0 Å². The van der Waals surface area contributed by atoms with Crippen molar-refractivity contribution in [3.63, 3.8) is 0 Å². The zero-order valence-corrected chi connectivity index (χ0v) is 7.76. The fourth-order valence-corrected chi connectivity index (χ4v) is 2.49. The summed E-state index contributed by atoms with van der Waals surface area (Å²) in [4.78, 5) is 22.8. The van der Waals surface area contributed by atoms with Crippen LogP contribution in [-0.2, 0) is 9.59 Å². The van der Waals surface area contributed by atoms with Crippen molar-refractivity contribution in [2.24, 2.45) is 11.3 Å². The van der Waals surface area contributed by atoms with E-state index in [1.54, 1.807) is 13.8 Å². The maximum Gasteiger partial charge on any atom is 0.259 e. The summed E-state index contributed by atoms with van der Waals surface area (Å²) in [5.74, 6) is -0.997. The van der Waals surface area contributed by atoms with Gasteiger partial charge in [-0.25, -0.2) is 0 Å². The van der Waals surface area contributed by atoms with Gasteiger partial charge >= 0.3 is 0 Å². The second-order valence-electron chi connectivity index (χ2n) is 4.49. The number of fused-ring (bicyclic) bond motifs is 2. The molecule has 72 valence electrons. The largest absolute Gasteiger partial charge is 0.379 e. The minimum atomic E-state index is -1.34. The van der Waals surface area contributed by atoms with Gasteiger partial charge in [-0.1, -0.05) is 13.8 Å². The van der Waals surface area contributed by atoms with Crippen LogP contribution in [0.25, 0.3) is 0 Å². The Balaban J connectivity index is 2.51. The molecule has 0 radical (unpaired) electrons. The van der Waals surface area contributed by atoms with E-state index in [9.17, 15) is 14.7 Å². The van der Waals surface area contributed by atoms with E-state index in [4.69, 9.17) is 0 Å². The molecule has 2 atom stereocenters. The van der Waals surface area contributed by atoms with Gasteiger partial charge in [-0.2, -0.15) is 0 Å². The third kappa shape index (κ3) is 0.790. The first-order valence-electron chi connectivity index (χ1n) is 4.47. The number of hydrogen-bond acceptors (Lipinski definition) is 3. The second kappa shape index (κ2) is 2.12. The molecule has 0 aromatic rings. The lowest BCUT2D eigenvalue weighted by atomic mass is 9.69. The normalized spacial score (nSPS) is 41.9. The number of rotatable bonds is 0. The van der Waals surface area contributed by atoms with Crippen LogP contribution in [-0.4, -0.2) is 22.5 Å². The molecule has 1 saturated carbocycles. The Morgan fingerprint density at radius 2 is 2.08 bits per heavy atom. The lowest BCUT2D eigenvalue weighted by Crippen LogP contribution is -2.62. The van der Waals surface area contributed by atoms with Crippen molar-refractivity contribution in [3.05, 3.63) is 0 Å². The summed E-state index contributed by atoms with van der Waals surface area (Å²) in [6.07, 6.45) is 0.989. The van der Waals surface area contributed by atoms with Crippen LogP contribution in [0.1, 0.15) is 26.7 Å². The molecule has 2 amide bonds. The number of imide groups is 1. The van der Waals surface area contributed by atoms with E-state index in [-0.39, 0.29) is 11.8 Å². The predicted octanol–water partition coefficient (Wildman–Crippen LogP) is -0.190. The van der Waals surface area contributed by atoms with Gasteiger partial charge in [-0.05, 0) is 12.8 Å². The molecule has 0 aromatic carbocycles. The summed E-state index contributed by atoms with van der Waals surface area (Å²) < 4.78 is 0. The Morgan fingerprint density at radius 1 is 1.46 bits per heavy atom. The Labute approximate surface area is 76.3 Å². The predicted molar refractivity (Wildman–Crippen MR) is 44.6 cm³/mol. The van der Waals surface area contributed by atoms with Crippen molar-refractivity contribution < 1.29 is 14.7 Å². The summed E-state index contributed by atoms with van der Waals surface area (Å²) in [5, 5.41) is 12.3. The zero-order chi connectivity index (χ0) is 9.85. The van der Waals surface area contributed by atoms with Crippen molar-refractivity contribution >= 4 is 11.8 Å². The molecule has 1 heterocycles. The number of nitrogens with one attached hydrogen (secondary N) is 1. The second-order valence-corrected chi connectivity index (χ2v) is 4.49. The Kier molecular flexibility index (Phi) is 1.42. The number of amides is 2. The van der Waals surface area contributed by atoms with Gasteiger partial charge in [0.2, 0.25) is 5.91 Å². The summed E-state index contributed by atoms with van der Waals surface area (Å²) in [7, 11) is 0. The van der Waals surface area contributed by atoms with Gasteiger partial charge in [-0.15, -0.1) is 0 Å². The van der Waals surface area contributed by atoms with Gasteiger partial charge < -0.3 is 5.11 Å². The summed E-state index contributed by atoms with van der Waals surface area (Å²) in [6.45, 7) is 3.56. The highest BCUT2D eigenvalue weighted by Gasteiger charge is 2.63. The van der Waals surface area contributed by atoms with E-state index in [1.807, 2.05) is 0 Å². The van der Waals surface area contributed by atoms with Gasteiger partial charge in [0.1, 0.15) is 5.60 Å². The number of aliphatic hydroxyl groups is 1. The SMILES string of the molecule is CC1(C)C2CCC1(O)C(=O)NC2=O. The van der Waals surface area contributed by atoms with Crippen molar-refractivity contribution in [1.82, 2.24) is 5.32 Å². The van der Waals surface area contributed by atoms with Crippen LogP contribution in [0, 0.1) is 11.3 Å². The van der Waals surface area contributed by atoms with Crippen molar-refractivity contribution in [1.29, 1.82) is 0 Å². The van der Waals surface area contributed by atoms with Crippen LogP contribution >= 0.6 is 0 Å². The Hall–Kier alpha value is -0.900. The Morgan fingerprint density at radius 3 is 2.69 bits per heavy atom. The molecular formula is C9H13NO3. The van der Waals surface area contributed by atoms with Gasteiger partial charge in [0.05, 0.1) is 0 Å². The Bertz CT molecular complexity index is 297. The molecule has 2 N–H and O–H groups in total. The molecule has 0 aromatic heterocycles. The van der Waals surface area contributed by atoms with Crippen molar-refractivity contribution in [2.45, 2.75) is 32.3 Å². The number of hydrogen-bond donors (Lipinski definition) is 2. The lowest BCUT2D eigenvalue weighted by molar-refractivity contribution is -0.164. The molecule has 1 saturated heterocycles. The fourth-order valence-electron chi connectivity index (χ4n) is 2.49. The molecule has 2 fully saturated rings. The third-order valence-electron chi connectivity index (χ3n) is 3.66. The first-order chi connectivity index (χ1) is 5.89. The average molecular weight is 183 g/mol. The highest BCUT2D eigenvalue weighted by molar-refractivity contribution is 6.05. The molecule has 1 aliphatic heterocycles. The molecule has 2 rings (SSSR count). The number of carbonyl (C=O) groups is 2. The van der Waals surface area contributed by atoms with Gasteiger partial charge in [0.25, 0.3) is 5.91 Å². The number of piperidine rings is 1. The smallest absolute Gasteiger partial charge is 0.259 e. The summed E-state index contributed by atoms with van der Waals surface area (Å²) in [6, 6.07) is 0. The molecule has 4 heteroatoms. The minimum absolute atomic E-state index is 0.227. The molecule has 2 aliphatic rings. The van der Waals surface area contributed by atoms with Crippen LogP contribution < -0.4 is 5.32 Å². The molecule has 13 heavy (non-hydrogen) atoms. The number of carbonyl (C=O) groups excluding carboxylic acids is 2. The molecular weight excluding hydrogens is 170 g/mol. The highest BCUT2D eigenvalue weighted by atomic mass is 16.3. The van der Waals surface area contributed by atoms with Crippen LogP contribution in [0.3, 0.4) is 0 Å². The fraction of sp³-hybridized carbons (Fsp3) is 0.778. The van der Waals surface area contributed by atoms with E-state index in [1.165, 1.54) is 0 Å². The zero-order valence-electron chi connectivity index (χ0n) is 7.76. The standard InChI is InChI=1S/C9H13NO3/c1-8(2)5-3-4-9(8,13)7(12)10-6(5)11/h5,13H,3-4H2,1-2H3,(H,10,11,12). The quantitative estimate of drug-likeness (QED) is 0.511. The lowest BCUT2D eigenvalue weighted by Gasteiger charge is -2.41. The van der Waals surface area contributed by atoms with Gasteiger partial charge in [-0.3, -0.25) is 14.9 Å². The van der Waals surface area contributed by atoms with E-state index < -0.39 is 16.9 Å². The molecule has 2 bridgehead atoms. The van der Waals surface area contributed by atoms with E-state index >= 15 is 0 Å². The maximum absolute atomic E-state index is 11.4. The van der Waals surface area contributed by atoms with Crippen LogP contribution in [0.2, 0.25) is 0 Å². The summed E-state index contributed by atoms with van der Waals surface area (Å²) >= 11 is 0. The maximum atomic E-state index is 11.4. The molecule has 1 aliphatic carbocycles. The third-order valence-corrected chi connectivity index (χ3v) is 3.66. The summed E-state index contributed by atoms with van der Waals surface area (Å²) in [5.41, 5.74) is -1.96. The minimum Gasteiger partial charge on any atom is -0.379 e. The van der Waals surface area contributed by atoms with E-state index in [0.717, 1.165) is 0 Å². The van der Waals surface area contributed by atoms with E-state index in [0.29, 0.717) is 12.8 Å². The first-order valence-corrected chi connectivity index (χ1v) is 4.47. The first kappa shape index (κ1) is 8.69. The monoisotopic (exact) mass is 183 g/mol. The average Bonchev–Trinajstić information content (AvgIpc) is 2.16. The molecule has 2 unspecified atom stereocenters. The highest BCUT2D eigenvalue weighted by Crippen LogP contribution is 2.52. The van der Waals surface area contributed by atoms with Crippen LogP contribution in [0.4, 0.5) is 0 Å². The van der Waals surface area contributed by atoms with E-state index in [2.05, 4.69) is 5.32 Å². The topological polar surface area (TPSA) is 66.4 Å². The van der Waals surface area contributed by atoms with Crippen molar-refractivity contribution in [3.8, 4) is 0 Å². The van der Waals surface area contributed by atoms with Crippen LogP contribution in [0.15, 0.2) is 0 Å². The van der Waals surface area contributed by atoms with Crippen LogP contribution in [0.5, 0.6) is 0 Å². The molecule has 4 nitrogen and oxygen atoms in total.